The minimum absolute atomic E-state index is 0.0711. The highest BCUT2D eigenvalue weighted by Gasteiger charge is 2.18. The van der Waals surface area contributed by atoms with Gasteiger partial charge in [-0.3, -0.25) is 4.79 Å². The van der Waals surface area contributed by atoms with Crippen LogP contribution in [0.3, 0.4) is 0 Å². The smallest absolute Gasteiger partial charge is 0.251 e. The lowest BCUT2D eigenvalue weighted by atomic mass is 9.87. The molecule has 1 aliphatic carbocycles. The summed E-state index contributed by atoms with van der Waals surface area (Å²) in [4.78, 5) is 12.2. The molecule has 0 fully saturated rings. The number of fused-ring (bicyclic) bond motifs is 1. The topological polar surface area (TPSA) is 41.1 Å². The van der Waals surface area contributed by atoms with Crippen LogP contribution in [0.5, 0.6) is 0 Å². The third-order valence-corrected chi connectivity index (χ3v) is 4.99. The number of benzene rings is 2. The molecule has 2 aromatic carbocycles. The Hall–Kier alpha value is -1.84. The summed E-state index contributed by atoms with van der Waals surface area (Å²) in [5, 5.41) is 7.24. The largest absolute Gasteiger partial charge is 0.348 e. The SMILES string of the molecule is CCCN[C@@H]1CCc2cc(CNC(=O)c3ccc(Cl)cc3)ccc2C1. The van der Waals surface area contributed by atoms with E-state index in [0.717, 1.165) is 24.9 Å². The van der Waals surface area contributed by atoms with Crippen LogP contribution >= 0.6 is 11.6 Å². The van der Waals surface area contributed by atoms with Gasteiger partial charge in [0.2, 0.25) is 0 Å². The summed E-state index contributed by atoms with van der Waals surface area (Å²) in [6, 6.07) is 14.1. The van der Waals surface area contributed by atoms with Crippen molar-refractivity contribution in [2.45, 2.75) is 45.2 Å². The fourth-order valence-electron chi connectivity index (χ4n) is 3.33. The molecule has 4 heteroatoms. The minimum Gasteiger partial charge on any atom is -0.348 e. The van der Waals surface area contributed by atoms with E-state index in [2.05, 4.69) is 35.8 Å². The molecule has 0 aliphatic heterocycles. The van der Waals surface area contributed by atoms with Gasteiger partial charge >= 0.3 is 0 Å². The normalized spacial score (nSPS) is 16.3. The van der Waals surface area contributed by atoms with E-state index in [4.69, 9.17) is 11.6 Å². The van der Waals surface area contributed by atoms with Crippen LogP contribution in [0.25, 0.3) is 0 Å². The van der Waals surface area contributed by atoms with E-state index in [1.165, 1.54) is 24.0 Å². The monoisotopic (exact) mass is 356 g/mol. The maximum absolute atomic E-state index is 12.2. The predicted octanol–water partition coefficient (Wildman–Crippen LogP) is 4.13. The van der Waals surface area contributed by atoms with Crippen LogP contribution < -0.4 is 10.6 Å². The molecule has 0 unspecified atom stereocenters. The van der Waals surface area contributed by atoms with E-state index in [1.54, 1.807) is 24.3 Å². The molecule has 3 rings (SSSR count). The van der Waals surface area contributed by atoms with Crippen molar-refractivity contribution >= 4 is 17.5 Å². The Kier molecular flexibility index (Phi) is 6.11. The van der Waals surface area contributed by atoms with Gasteiger partial charge in [0.25, 0.3) is 5.91 Å². The number of rotatable bonds is 6. The van der Waals surface area contributed by atoms with E-state index < -0.39 is 0 Å². The number of carbonyl (C=O) groups is 1. The van der Waals surface area contributed by atoms with E-state index in [1.807, 2.05) is 0 Å². The second-order valence-corrected chi connectivity index (χ2v) is 7.12. The van der Waals surface area contributed by atoms with Crippen molar-refractivity contribution in [1.82, 2.24) is 10.6 Å². The Bertz CT molecular complexity index is 727. The van der Waals surface area contributed by atoms with Gasteiger partial charge in [0.05, 0.1) is 0 Å². The summed E-state index contributed by atoms with van der Waals surface area (Å²) < 4.78 is 0. The van der Waals surface area contributed by atoms with Gasteiger partial charge in [-0.1, -0.05) is 36.7 Å². The first-order valence-electron chi connectivity index (χ1n) is 9.03. The maximum Gasteiger partial charge on any atom is 0.251 e. The molecule has 3 nitrogen and oxygen atoms in total. The van der Waals surface area contributed by atoms with E-state index in [-0.39, 0.29) is 5.91 Å². The fraction of sp³-hybridized carbons (Fsp3) is 0.381. The van der Waals surface area contributed by atoms with Crippen molar-refractivity contribution in [3.8, 4) is 0 Å². The molecule has 0 aromatic heterocycles. The van der Waals surface area contributed by atoms with Gasteiger partial charge in [0, 0.05) is 23.2 Å². The lowest BCUT2D eigenvalue weighted by Crippen LogP contribution is -2.35. The van der Waals surface area contributed by atoms with Crippen LogP contribution in [0.4, 0.5) is 0 Å². The molecular weight excluding hydrogens is 332 g/mol. The maximum atomic E-state index is 12.2. The molecule has 1 aliphatic rings. The van der Waals surface area contributed by atoms with Crippen molar-refractivity contribution in [2.75, 3.05) is 6.54 Å². The van der Waals surface area contributed by atoms with Gasteiger partial charge in [0.1, 0.15) is 0 Å². The van der Waals surface area contributed by atoms with Crippen LogP contribution in [-0.4, -0.2) is 18.5 Å². The molecule has 0 radical (unpaired) electrons. The van der Waals surface area contributed by atoms with Gasteiger partial charge in [-0.25, -0.2) is 0 Å². The number of carbonyl (C=O) groups excluding carboxylic acids is 1. The van der Waals surface area contributed by atoms with Crippen molar-refractivity contribution in [3.05, 3.63) is 69.7 Å². The first-order chi connectivity index (χ1) is 12.2. The van der Waals surface area contributed by atoms with E-state index >= 15 is 0 Å². The molecule has 1 amide bonds. The molecule has 0 heterocycles. The Morgan fingerprint density at radius 3 is 2.72 bits per heavy atom. The lowest BCUT2D eigenvalue weighted by Gasteiger charge is -2.26. The predicted molar refractivity (Wildman–Crippen MR) is 103 cm³/mol. The van der Waals surface area contributed by atoms with Crippen LogP contribution in [0.1, 0.15) is 46.8 Å². The summed E-state index contributed by atoms with van der Waals surface area (Å²) in [6.07, 6.45) is 4.58. The van der Waals surface area contributed by atoms with Gasteiger partial charge in [-0.15, -0.1) is 0 Å². The molecule has 2 aromatic rings. The van der Waals surface area contributed by atoms with Crippen molar-refractivity contribution in [1.29, 1.82) is 0 Å². The first kappa shape index (κ1) is 18.0. The molecule has 0 saturated carbocycles. The second kappa shape index (κ2) is 8.50. The number of amides is 1. The fourth-order valence-corrected chi connectivity index (χ4v) is 3.45. The highest BCUT2D eigenvalue weighted by atomic mass is 35.5. The minimum atomic E-state index is -0.0711. The van der Waals surface area contributed by atoms with Crippen LogP contribution in [-0.2, 0) is 19.4 Å². The number of halogens is 1. The highest BCUT2D eigenvalue weighted by molar-refractivity contribution is 6.30. The summed E-state index contributed by atoms with van der Waals surface area (Å²) in [5.41, 5.74) is 4.65. The standard InChI is InChI=1S/C21H25ClN2O/c1-2-11-23-20-10-7-17-12-15(3-4-18(17)13-20)14-24-21(25)16-5-8-19(22)9-6-16/h3-6,8-9,12,20,23H,2,7,10-11,13-14H2,1H3,(H,24,25)/t20-/m1/s1. The Labute approximate surface area is 154 Å². The number of aryl methyl sites for hydroxylation is 1. The van der Waals surface area contributed by atoms with E-state index in [0.29, 0.717) is 23.2 Å². The molecule has 1 atom stereocenters. The van der Waals surface area contributed by atoms with E-state index in [9.17, 15) is 4.79 Å². The third kappa shape index (κ3) is 4.83. The molecule has 0 saturated heterocycles. The van der Waals surface area contributed by atoms with Crippen molar-refractivity contribution in [2.24, 2.45) is 0 Å². The van der Waals surface area contributed by atoms with Crippen LogP contribution in [0.2, 0.25) is 5.02 Å². The number of nitrogens with one attached hydrogen (secondary N) is 2. The first-order valence-corrected chi connectivity index (χ1v) is 9.41. The van der Waals surface area contributed by atoms with Gasteiger partial charge in [-0.2, -0.15) is 0 Å². The summed E-state index contributed by atoms with van der Waals surface area (Å²) in [6.45, 7) is 3.84. The van der Waals surface area contributed by atoms with Gasteiger partial charge in [0.15, 0.2) is 0 Å². The van der Waals surface area contributed by atoms with Crippen molar-refractivity contribution < 1.29 is 4.79 Å². The summed E-state index contributed by atoms with van der Waals surface area (Å²) in [7, 11) is 0. The zero-order chi connectivity index (χ0) is 17.6. The summed E-state index contributed by atoms with van der Waals surface area (Å²) in [5.74, 6) is -0.0711. The Morgan fingerprint density at radius 1 is 1.16 bits per heavy atom. The highest BCUT2D eigenvalue weighted by Crippen LogP contribution is 2.23. The summed E-state index contributed by atoms with van der Waals surface area (Å²) >= 11 is 5.86. The molecule has 25 heavy (non-hydrogen) atoms. The Balaban J connectivity index is 1.58. The average Bonchev–Trinajstić information content (AvgIpc) is 2.64. The quantitative estimate of drug-likeness (QED) is 0.817. The molecule has 2 N–H and O–H groups in total. The number of hydrogen-bond donors (Lipinski definition) is 2. The zero-order valence-electron chi connectivity index (χ0n) is 14.6. The number of hydrogen-bond acceptors (Lipinski definition) is 2. The molecular formula is C21H25ClN2O. The molecule has 0 spiro atoms. The molecule has 132 valence electrons. The Morgan fingerprint density at radius 2 is 1.96 bits per heavy atom. The lowest BCUT2D eigenvalue weighted by molar-refractivity contribution is 0.0951. The average molecular weight is 357 g/mol. The zero-order valence-corrected chi connectivity index (χ0v) is 15.4. The van der Waals surface area contributed by atoms with Gasteiger partial charge < -0.3 is 10.6 Å². The third-order valence-electron chi connectivity index (χ3n) is 4.74. The van der Waals surface area contributed by atoms with Gasteiger partial charge in [-0.05, 0) is 73.2 Å². The van der Waals surface area contributed by atoms with Crippen LogP contribution in [0, 0.1) is 0 Å². The second-order valence-electron chi connectivity index (χ2n) is 6.69. The van der Waals surface area contributed by atoms with Crippen molar-refractivity contribution in [3.63, 3.8) is 0 Å². The van der Waals surface area contributed by atoms with Crippen LogP contribution in [0.15, 0.2) is 42.5 Å². The molecule has 0 bridgehead atoms.